The first kappa shape index (κ1) is 52.6. The van der Waals surface area contributed by atoms with Crippen molar-refractivity contribution in [2.45, 2.75) is 75.9 Å². The summed E-state index contributed by atoms with van der Waals surface area (Å²) in [7, 11) is 10.5. The second-order valence-corrected chi connectivity index (χ2v) is 16.3. The Morgan fingerprint density at radius 3 is 1.16 bits per heavy atom. The van der Waals surface area contributed by atoms with Gasteiger partial charge in [0, 0.05) is 61.0 Å². The molecular weight excluding hydrogens is 832 g/mol. The minimum atomic E-state index is -0.681. The molecule has 3 aliphatic heterocycles. The smallest absolute Gasteiger partial charge is 0.363 e. The van der Waals surface area contributed by atoms with Crippen molar-refractivity contribution in [3.63, 3.8) is 0 Å². The summed E-state index contributed by atoms with van der Waals surface area (Å²) in [6.45, 7) is 11.9. The summed E-state index contributed by atoms with van der Waals surface area (Å²) in [5.41, 5.74) is 1.89. The number of hydrogen-bond acceptors (Lipinski definition) is 18. The number of carbonyl (C=O) groups is 3. The number of nitrogens with one attached hydrogen (secondary N) is 1. The van der Waals surface area contributed by atoms with E-state index in [9.17, 15) is 49.1 Å². The molecule has 21 nitrogen and oxygen atoms in total. The van der Waals surface area contributed by atoms with E-state index >= 15 is 0 Å². The molecule has 3 aromatic rings. The molecule has 25 heteroatoms. The van der Waals surface area contributed by atoms with Gasteiger partial charge in [-0.05, 0) is 141 Å². The van der Waals surface area contributed by atoms with Gasteiger partial charge in [-0.2, -0.15) is 0 Å². The highest BCUT2D eigenvalue weighted by Crippen LogP contribution is 2.31. The van der Waals surface area contributed by atoms with Crippen molar-refractivity contribution in [1.29, 1.82) is 0 Å². The van der Waals surface area contributed by atoms with Crippen molar-refractivity contribution in [3.8, 4) is 0 Å². The van der Waals surface area contributed by atoms with E-state index in [1.165, 1.54) is 12.1 Å². The Kier molecular flexibility index (Phi) is 20.5. The maximum absolute atomic E-state index is 12.1. The van der Waals surface area contributed by atoms with E-state index in [2.05, 4.69) is 50.8 Å². The standard InChI is InChI=1S/2C13H18BN4O3.C8H16BN2O.C5H3FN2O2/c2*1-13(16(2)14-10-19)5-7-17(8-6-13)11-3-4-12(15-9-11)18(20)21;1-8(11(2)9-7-12)3-5-10-6-4-8;6-4-1-2-5(7-3-4)8(9)10/h2*3-4,9-10H,5-8H2,1-2H3;7,10H,3-6H2,1-2H3;1-3H. The van der Waals surface area contributed by atoms with E-state index in [4.69, 9.17) is 0 Å². The Hall–Kier alpha value is -5.78. The zero-order chi connectivity index (χ0) is 47.5. The van der Waals surface area contributed by atoms with Gasteiger partial charge in [0.15, 0.2) is 24.4 Å². The molecule has 0 unspecified atom stereocenters. The summed E-state index contributed by atoms with van der Waals surface area (Å²) in [5, 5.41) is 34.4. The number of rotatable bonds is 14. The van der Waals surface area contributed by atoms with Crippen LogP contribution in [-0.4, -0.2) is 162 Å². The van der Waals surface area contributed by atoms with Crippen LogP contribution in [0.1, 0.15) is 59.3 Å². The molecule has 3 aromatic heterocycles. The number of pyridine rings is 3. The predicted molar refractivity (Wildman–Crippen MR) is 244 cm³/mol. The van der Waals surface area contributed by atoms with E-state index in [0.717, 1.165) is 126 Å². The predicted octanol–water partition coefficient (Wildman–Crippen LogP) is 3.18. The number of carbonyl (C=O) groups excluding carboxylic acids is 3. The molecule has 6 heterocycles. The Morgan fingerprint density at radius 1 is 0.578 bits per heavy atom. The van der Waals surface area contributed by atoms with Crippen molar-refractivity contribution < 1.29 is 33.5 Å². The molecule has 0 spiro atoms. The highest BCUT2D eigenvalue weighted by molar-refractivity contribution is 6.64. The second kappa shape index (κ2) is 24.9. The maximum Gasteiger partial charge on any atom is 0.363 e. The molecule has 341 valence electrons. The molecule has 0 atom stereocenters. The topological polar surface area (TPSA) is 248 Å². The third-order valence-electron chi connectivity index (χ3n) is 12.2. The first-order chi connectivity index (χ1) is 30.3. The van der Waals surface area contributed by atoms with Gasteiger partial charge in [-0.3, -0.25) is 0 Å². The van der Waals surface area contributed by atoms with Crippen LogP contribution in [0.3, 0.4) is 0 Å². The fraction of sp³-hybridized carbons (Fsp3) is 0.538. The van der Waals surface area contributed by atoms with E-state index in [-0.39, 0.29) is 34.1 Å². The van der Waals surface area contributed by atoms with Gasteiger partial charge in [0.05, 0.1) is 29.9 Å². The van der Waals surface area contributed by atoms with Crippen molar-refractivity contribution in [1.82, 2.24) is 34.7 Å². The molecule has 1 N–H and O–H groups in total. The van der Waals surface area contributed by atoms with Crippen molar-refractivity contribution in [2.24, 2.45) is 0 Å². The van der Waals surface area contributed by atoms with Crippen LogP contribution in [0.4, 0.5) is 33.2 Å². The lowest BCUT2D eigenvalue weighted by molar-refractivity contribution is -0.389. The van der Waals surface area contributed by atoms with Gasteiger partial charge < -0.3 is 74.3 Å². The quantitative estimate of drug-likeness (QED) is 0.106. The summed E-state index contributed by atoms with van der Waals surface area (Å²) in [6.07, 6.45) is 12.2. The normalized spacial score (nSPS) is 17.2. The molecule has 0 amide bonds. The number of nitrogens with zero attached hydrogens (tertiary/aromatic N) is 11. The van der Waals surface area contributed by atoms with Crippen LogP contribution in [0.15, 0.2) is 55.0 Å². The first-order valence-corrected chi connectivity index (χ1v) is 20.5. The Labute approximate surface area is 374 Å². The summed E-state index contributed by atoms with van der Waals surface area (Å²) < 4.78 is 12.1. The number of hydrogen-bond donors (Lipinski definition) is 1. The number of halogens is 1. The van der Waals surface area contributed by atoms with Crippen LogP contribution >= 0.6 is 0 Å². The van der Waals surface area contributed by atoms with Gasteiger partial charge in [0.1, 0.15) is 0 Å². The van der Waals surface area contributed by atoms with Gasteiger partial charge in [-0.1, -0.05) is 0 Å². The number of anilines is 2. The second-order valence-electron chi connectivity index (χ2n) is 16.3. The van der Waals surface area contributed by atoms with Crippen molar-refractivity contribution >= 4 is 69.6 Å². The molecule has 0 aromatic carbocycles. The summed E-state index contributed by atoms with van der Waals surface area (Å²) >= 11 is 0. The fourth-order valence-corrected chi connectivity index (χ4v) is 7.15. The molecule has 0 aliphatic carbocycles. The number of aromatic nitrogens is 3. The van der Waals surface area contributed by atoms with Gasteiger partial charge in [-0.25, -0.2) is 4.39 Å². The summed E-state index contributed by atoms with van der Waals surface area (Å²) in [4.78, 5) is 82.1. The molecule has 3 aliphatic rings. The molecular formula is C39H55B3FN12O9. The molecule has 0 bridgehead atoms. The average Bonchev–Trinajstić information content (AvgIpc) is 3.28. The zero-order valence-corrected chi connectivity index (χ0v) is 37.1. The minimum Gasteiger partial charge on any atom is -0.368 e. The van der Waals surface area contributed by atoms with Crippen LogP contribution < -0.4 is 15.1 Å². The lowest BCUT2D eigenvalue weighted by atomic mass is 9.80. The third kappa shape index (κ3) is 15.5. The highest BCUT2D eigenvalue weighted by Gasteiger charge is 2.35. The number of piperidine rings is 3. The van der Waals surface area contributed by atoms with Gasteiger partial charge >= 0.3 is 17.5 Å². The molecule has 3 saturated heterocycles. The Morgan fingerprint density at radius 2 is 0.891 bits per heavy atom. The third-order valence-corrected chi connectivity index (χ3v) is 12.2. The molecule has 0 saturated carbocycles. The fourth-order valence-electron chi connectivity index (χ4n) is 7.15. The van der Waals surface area contributed by atoms with Gasteiger partial charge in [-0.15, -0.1) is 0 Å². The molecule has 6 rings (SSSR count). The molecule has 3 radical (unpaired) electrons. The lowest BCUT2D eigenvalue weighted by Crippen LogP contribution is -2.53. The van der Waals surface area contributed by atoms with E-state index in [1.807, 2.05) is 35.6 Å². The van der Waals surface area contributed by atoms with Crippen molar-refractivity contribution in [3.05, 3.63) is 91.1 Å². The zero-order valence-electron chi connectivity index (χ0n) is 37.1. The molecule has 3 fully saturated rings. The Bertz CT molecular complexity index is 1880. The van der Waals surface area contributed by atoms with E-state index in [1.54, 1.807) is 46.8 Å². The summed E-state index contributed by atoms with van der Waals surface area (Å²) in [5.74, 6) is -1.20. The van der Waals surface area contributed by atoms with Crippen LogP contribution in [0.25, 0.3) is 0 Å². The van der Waals surface area contributed by atoms with E-state index in [0.29, 0.717) is 0 Å². The minimum absolute atomic E-state index is 0.0361. The molecule has 64 heavy (non-hydrogen) atoms. The SMILES string of the molecule is CN([B]C=O)C1(C)CCN(c2ccc([N+](=O)[O-])nc2)CC1.CN([B]C=O)C1(C)CCN(c2ccc([N+](=O)[O-])nc2)CC1.CN([B]C=O)C1(C)CCNCC1.O=[N+]([O-])c1ccc(F)cn1. The maximum atomic E-state index is 12.1. The lowest BCUT2D eigenvalue weighted by Gasteiger charge is -2.45. The largest absolute Gasteiger partial charge is 0.368 e. The average molecular weight is 887 g/mol. The van der Waals surface area contributed by atoms with Crippen molar-refractivity contribution in [2.75, 3.05) is 70.2 Å². The van der Waals surface area contributed by atoms with Crippen LogP contribution in [0.5, 0.6) is 0 Å². The summed E-state index contributed by atoms with van der Waals surface area (Å²) in [6, 6.07) is 8.31. The number of nitro groups is 3. The van der Waals surface area contributed by atoms with Crippen LogP contribution in [0, 0.1) is 36.2 Å². The van der Waals surface area contributed by atoms with Gasteiger partial charge in [0.2, 0.25) is 0 Å². The Balaban J connectivity index is 0.000000237. The van der Waals surface area contributed by atoms with Crippen LogP contribution in [-0.2, 0) is 14.4 Å². The van der Waals surface area contributed by atoms with Gasteiger partial charge in [0.25, 0.3) is 22.2 Å². The first-order valence-electron chi connectivity index (χ1n) is 20.5. The highest BCUT2D eigenvalue weighted by atomic mass is 19.1. The monoisotopic (exact) mass is 887 g/mol. The van der Waals surface area contributed by atoms with E-state index < -0.39 is 20.6 Å². The van der Waals surface area contributed by atoms with Crippen LogP contribution in [0.2, 0.25) is 0 Å².